The van der Waals surface area contributed by atoms with Gasteiger partial charge in [-0.15, -0.1) is 0 Å². The van der Waals surface area contributed by atoms with Crippen LogP contribution in [0.2, 0.25) is 0 Å². The molecular weight excluding hydrogens is 262 g/mol. The Hall–Kier alpha value is -2.55. The fraction of sp³-hybridized carbons (Fsp3) is 0.167. The lowest BCUT2D eigenvalue weighted by Crippen LogP contribution is -1.86. The highest BCUT2D eigenvalue weighted by Gasteiger charge is 2.14. The summed E-state index contributed by atoms with van der Waals surface area (Å²) < 4.78 is 5.18. The van der Waals surface area contributed by atoms with Crippen molar-refractivity contribution in [1.82, 2.24) is 4.98 Å². The van der Waals surface area contributed by atoms with Gasteiger partial charge in [-0.1, -0.05) is 25.1 Å². The topological polar surface area (TPSA) is 42.1 Å². The average Bonchev–Trinajstić information content (AvgIpc) is 2.93. The van der Waals surface area contributed by atoms with E-state index in [0.717, 1.165) is 40.6 Å². The van der Waals surface area contributed by atoms with E-state index in [9.17, 15) is 4.79 Å². The summed E-state index contributed by atoms with van der Waals surface area (Å²) in [6.07, 6.45) is 1.86. The number of carbonyl (C=O) groups excluding carboxylic acids is 1. The van der Waals surface area contributed by atoms with E-state index in [4.69, 9.17) is 4.74 Å². The second-order valence-corrected chi connectivity index (χ2v) is 4.95. The van der Waals surface area contributed by atoms with Gasteiger partial charge < -0.3 is 9.72 Å². The number of rotatable bonds is 4. The molecule has 21 heavy (non-hydrogen) atoms. The number of methoxy groups -OCH3 is 1. The lowest BCUT2D eigenvalue weighted by atomic mass is 10.0. The van der Waals surface area contributed by atoms with Gasteiger partial charge in [0.05, 0.1) is 12.8 Å². The molecule has 3 nitrogen and oxygen atoms in total. The van der Waals surface area contributed by atoms with Gasteiger partial charge in [-0.2, -0.15) is 0 Å². The van der Waals surface area contributed by atoms with Gasteiger partial charge >= 0.3 is 0 Å². The summed E-state index contributed by atoms with van der Waals surface area (Å²) in [7, 11) is 1.64. The van der Waals surface area contributed by atoms with E-state index in [1.54, 1.807) is 7.11 Å². The van der Waals surface area contributed by atoms with Crippen LogP contribution in [0.4, 0.5) is 0 Å². The molecule has 3 heteroatoms. The standard InChI is InChI=1S/C18H17NO2/c1-3-12-5-4-6-15-16(11-20)18(19-17(12)15)13-7-9-14(21-2)10-8-13/h4-11,19H,3H2,1-2H3. The zero-order chi connectivity index (χ0) is 14.8. The molecule has 3 aromatic rings. The Morgan fingerprint density at radius 2 is 1.90 bits per heavy atom. The lowest BCUT2D eigenvalue weighted by Gasteiger charge is -2.02. The van der Waals surface area contributed by atoms with Crippen LogP contribution < -0.4 is 4.74 Å². The fourth-order valence-corrected chi connectivity index (χ4v) is 2.70. The minimum Gasteiger partial charge on any atom is -0.497 e. The Morgan fingerprint density at radius 1 is 1.14 bits per heavy atom. The number of benzene rings is 2. The summed E-state index contributed by atoms with van der Waals surface area (Å²) in [5, 5.41) is 0.982. The second-order valence-electron chi connectivity index (χ2n) is 4.95. The average molecular weight is 279 g/mol. The van der Waals surface area contributed by atoms with Crippen molar-refractivity contribution in [2.24, 2.45) is 0 Å². The number of aryl methyl sites for hydroxylation is 1. The molecule has 0 aliphatic carbocycles. The largest absolute Gasteiger partial charge is 0.497 e. The number of aromatic amines is 1. The number of para-hydroxylation sites is 1. The Balaban J connectivity index is 2.23. The molecule has 2 aromatic carbocycles. The maximum Gasteiger partial charge on any atom is 0.152 e. The van der Waals surface area contributed by atoms with Crippen LogP contribution in [0.5, 0.6) is 5.75 Å². The molecule has 106 valence electrons. The van der Waals surface area contributed by atoms with Crippen LogP contribution in [0, 0.1) is 0 Å². The van der Waals surface area contributed by atoms with Crippen LogP contribution in [-0.4, -0.2) is 18.4 Å². The summed E-state index contributed by atoms with van der Waals surface area (Å²) in [5.41, 5.74) is 4.83. The number of ether oxygens (including phenoxy) is 1. The van der Waals surface area contributed by atoms with Crippen LogP contribution in [-0.2, 0) is 6.42 Å². The Bertz CT molecular complexity index is 785. The Kier molecular flexibility index (Phi) is 3.48. The quantitative estimate of drug-likeness (QED) is 0.727. The highest BCUT2D eigenvalue weighted by atomic mass is 16.5. The summed E-state index contributed by atoms with van der Waals surface area (Å²) >= 11 is 0. The van der Waals surface area contributed by atoms with Gasteiger partial charge in [0.2, 0.25) is 0 Å². The molecule has 1 heterocycles. The van der Waals surface area contributed by atoms with Crippen molar-refractivity contribution in [3.05, 3.63) is 53.6 Å². The number of carbonyl (C=O) groups is 1. The van der Waals surface area contributed by atoms with Gasteiger partial charge in [-0.25, -0.2) is 0 Å². The van der Waals surface area contributed by atoms with E-state index in [1.165, 1.54) is 5.56 Å². The SMILES string of the molecule is CCc1cccc2c(C=O)c(-c3ccc(OC)cc3)[nH]c12. The minimum atomic E-state index is 0.713. The van der Waals surface area contributed by atoms with Gasteiger partial charge in [-0.3, -0.25) is 4.79 Å². The van der Waals surface area contributed by atoms with E-state index in [2.05, 4.69) is 18.0 Å². The van der Waals surface area contributed by atoms with Crippen molar-refractivity contribution in [1.29, 1.82) is 0 Å². The zero-order valence-corrected chi connectivity index (χ0v) is 12.1. The van der Waals surface area contributed by atoms with Crippen LogP contribution in [0.3, 0.4) is 0 Å². The van der Waals surface area contributed by atoms with Crippen molar-refractivity contribution in [3.8, 4) is 17.0 Å². The van der Waals surface area contributed by atoms with E-state index in [0.29, 0.717) is 5.56 Å². The monoisotopic (exact) mass is 279 g/mol. The first kappa shape index (κ1) is 13.4. The smallest absolute Gasteiger partial charge is 0.152 e. The van der Waals surface area contributed by atoms with Crippen molar-refractivity contribution in [3.63, 3.8) is 0 Å². The zero-order valence-electron chi connectivity index (χ0n) is 12.1. The normalized spacial score (nSPS) is 10.8. The second kappa shape index (κ2) is 5.44. The maximum atomic E-state index is 11.6. The molecule has 0 saturated carbocycles. The van der Waals surface area contributed by atoms with E-state index < -0.39 is 0 Å². The minimum absolute atomic E-state index is 0.713. The van der Waals surface area contributed by atoms with Crippen LogP contribution in [0.15, 0.2) is 42.5 Å². The Morgan fingerprint density at radius 3 is 2.52 bits per heavy atom. The number of aldehydes is 1. The van der Waals surface area contributed by atoms with Crippen LogP contribution in [0.1, 0.15) is 22.8 Å². The van der Waals surface area contributed by atoms with Gasteiger partial charge in [0.25, 0.3) is 0 Å². The van der Waals surface area contributed by atoms with E-state index >= 15 is 0 Å². The Labute approximate surface area is 123 Å². The van der Waals surface area contributed by atoms with E-state index in [1.807, 2.05) is 36.4 Å². The van der Waals surface area contributed by atoms with Gasteiger partial charge in [0, 0.05) is 16.5 Å². The molecule has 0 radical (unpaired) electrons. The first-order valence-electron chi connectivity index (χ1n) is 7.01. The first-order valence-corrected chi connectivity index (χ1v) is 7.01. The maximum absolute atomic E-state index is 11.6. The molecule has 0 bridgehead atoms. The molecule has 0 atom stereocenters. The van der Waals surface area contributed by atoms with Gasteiger partial charge in [-0.05, 0) is 41.8 Å². The third kappa shape index (κ3) is 2.21. The molecule has 0 spiro atoms. The van der Waals surface area contributed by atoms with E-state index in [-0.39, 0.29) is 0 Å². The van der Waals surface area contributed by atoms with Crippen LogP contribution in [0.25, 0.3) is 22.2 Å². The molecule has 0 aliphatic rings. The van der Waals surface area contributed by atoms with Gasteiger partial charge in [0.15, 0.2) is 6.29 Å². The number of aromatic nitrogens is 1. The van der Waals surface area contributed by atoms with Crippen molar-refractivity contribution in [2.45, 2.75) is 13.3 Å². The summed E-state index contributed by atoms with van der Waals surface area (Å²) in [6, 6.07) is 13.8. The van der Waals surface area contributed by atoms with Gasteiger partial charge in [0.1, 0.15) is 5.75 Å². The summed E-state index contributed by atoms with van der Waals surface area (Å²) in [4.78, 5) is 15.0. The summed E-state index contributed by atoms with van der Waals surface area (Å²) in [5.74, 6) is 0.803. The third-order valence-electron chi connectivity index (χ3n) is 3.84. The van der Waals surface area contributed by atoms with Crippen molar-refractivity contribution in [2.75, 3.05) is 7.11 Å². The molecule has 0 aliphatic heterocycles. The number of hydrogen-bond acceptors (Lipinski definition) is 2. The predicted octanol–water partition coefficient (Wildman–Crippen LogP) is 4.22. The number of nitrogens with one attached hydrogen (secondary N) is 1. The molecular formula is C18H17NO2. The highest BCUT2D eigenvalue weighted by Crippen LogP contribution is 2.31. The highest BCUT2D eigenvalue weighted by molar-refractivity contribution is 6.05. The summed E-state index contributed by atoms with van der Waals surface area (Å²) in [6.45, 7) is 2.11. The molecule has 0 fully saturated rings. The number of hydrogen-bond donors (Lipinski definition) is 1. The molecule has 0 saturated heterocycles. The van der Waals surface area contributed by atoms with Crippen LogP contribution >= 0.6 is 0 Å². The first-order chi connectivity index (χ1) is 10.3. The molecule has 0 amide bonds. The molecule has 0 unspecified atom stereocenters. The lowest BCUT2D eigenvalue weighted by molar-refractivity contribution is 0.112. The fourth-order valence-electron chi connectivity index (χ4n) is 2.70. The molecule has 3 rings (SSSR count). The number of H-pyrrole nitrogens is 1. The number of fused-ring (bicyclic) bond motifs is 1. The van der Waals surface area contributed by atoms with Crippen molar-refractivity contribution < 1.29 is 9.53 Å². The molecule has 1 aromatic heterocycles. The third-order valence-corrected chi connectivity index (χ3v) is 3.84. The predicted molar refractivity (Wildman–Crippen MR) is 85.1 cm³/mol. The van der Waals surface area contributed by atoms with Crippen molar-refractivity contribution >= 4 is 17.2 Å². The molecule has 1 N–H and O–H groups in total.